The molecule has 8 nitrogen and oxygen atoms in total. The summed E-state index contributed by atoms with van der Waals surface area (Å²) in [5, 5.41) is 5.55. The van der Waals surface area contributed by atoms with Gasteiger partial charge in [-0.2, -0.15) is 0 Å². The number of rotatable bonds is 14. The topological polar surface area (TPSA) is 111 Å². The van der Waals surface area contributed by atoms with Gasteiger partial charge in [0.2, 0.25) is 5.91 Å². The lowest BCUT2D eigenvalue weighted by Crippen LogP contribution is -2.53. The Hall–Kier alpha value is -3.59. The van der Waals surface area contributed by atoms with Gasteiger partial charge >= 0.3 is 6.09 Å². The molecule has 3 rings (SSSR count). The third-order valence-electron chi connectivity index (χ3n) is 5.46. The molecule has 2 heterocycles. The highest BCUT2D eigenvalue weighted by molar-refractivity contribution is 7.99. The molecule has 0 aliphatic heterocycles. The lowest BCUT2D eigenvalue weighted by Gasteiger charge is -2.24. The number of ether oxygens (including phenoxy) is 1. The first-order valence-electron chi connectivity index (χ1n) is 12.2. The van der Waals surface area contributed by atoms with Crippen molar-refractivity contribution in [3.63, 3.8) is 0 Å². The van der Waals surface area contributed by atoms with E-state index in [1.54, 1.807) is 36.9 Å². The van der Waals surface area contributed by atoms with E-state index in [1.165, 1.54) is 11.8 Å². The van der Waals surface area contributed by atoms with Crippen molar-refractivity contribution >= 4 is 29.5 Å². The van der Waals surface area contributed by atoms with Gasteiger partial charge in [-0.1, -0.05) is 50.2 Å². The molecular formula is C28H33N3O5S. The second kappa shape index (κ2) is 14.8. The number of aromatic nitrogens is 1. The molecule has 2 amide bonds. The zero-order valence-corrected chi connectivity index (χ0v) is 21.9. The molecule has 0 bridgehead atoms. The summed E-state index contributed by atoms with van der Waals surface area (Å²) in [7, 11) is 0. The Labute approximate surface area is 221 Å². The van der Waals surface area contributed by atoms with Crippen LogP contribution < -0.4 is 10.6 Å². The summed E-state index contributed by atoms with van der Waals surface area (Å²) in [4.78, 5) is 42.9. The number of Topliss-reactive ketones (excluding diaryl/α,β-unsaturated/α-hetero) is 1. The van der Waals surface area contributed by atoms with Gasteiger partial charge in [0.25, 0.3) is 0 Å². The molecule has 2 aromatic heterocycles. The predicted molar refractivity (Wildman–Crippen MR) is 143 cm³/mol. The molecule has 2 atom stereocenters. The van der Waals surface area contributed by atoms with Crippen LogP contribution in [-0.4, -0.2) is 40.6 Å². The van der Waals surface area contributed by atoms with Crippen LogP contribution in [-0.2, 0) is 33.1 Å². The normalized spacial score (nSPS) is 12.5. The summed E-state index contributed by atoms with van der Waals surface area (Å²) in [5.74, 6) is 1.17. The maximum absolute atomic E-state index is 13.3. The Kier molecular flexibility index (Phi) is 11.2. The lowest BCUT2D eigenvalue weighted by molar-refractivity contribution is -0.128. The standard InChI is InChI=1S/C28H33N3O5S/c1-20(2)14-25(31-28(34)36-17-22-10-6-12-29-16-22)27(33)30-24(15-21-8-4-3-5-9-21)26(32)19-37-18-23-11-7-13-35-23/h3-13,16,20,24-25H,14-15,17-19H2,1-2H3,(H,30,33)(H,31,34)/t24-,25-/m0/s1. The van der Waals surface area contributed by atoms with Crippen LogP contribution in [0.1, 0.15) is 37.2 Å². The van der Waals surface area contributed by atoms with Gasteiger partial charge < -0.3 is 19.8 Å². The van der Waals surface area contributed by atoms with Gasteiger partial charge in [0.1, 0.15) is 18.4 Å². The van der Waals surface area contributed by atoms with E-state index < -0.39 is 24.1 Å². The second-order valence-corrected chi connectivity index (χ2v) is 10.0. The van der Waals surface area contributed by atoms with Crippen LogP contribution >= 0.6 is 11.8 Å². The monoisotopic (exact) mass is 523 g/mol. The van der Waals surface area contributed by atoms with Crippen LogP contribution in [0.3, 0.4) is 0 Å². The van der Waals surface area contributed by atoms with Crippen molar-refractivity contribution < 1.29 is 23.5 Å². The number of pyridine rings is 1. The zero-order chi connectivity index (χ0) is 26.5. The minimum atomic E-state index is -0.844. The third kappa shape index (κ3) is 10.1. The number of nitrogens with zero attached hydrogens (tertiary/aromatic N) is 1. The first-order chi connectivity index (χ1) is 17.9. The van der Waals surface area contributed by atoms with Crippen LogP contribution in [0.25, 0.3) is 0 Å². The number of amides is 2. The summed E-state index contributed by atoms with van der Waals surface area (Å²) in [6, 6.07) is 15.2. The number of nitrogens with one attached hydrogen (secondary N) is 2. The molecule has 196 valence electrons. The first kappa shape index (κ1) is 28.0. The van der Waals surface area contributed by atoms with E-state index in [9.17, 15) is 14.4 Å². The van der Waals surface area contributed by atoms with Gasteiger partial charge in [-0.25, -0.2) is 4.79 Å². The molecule has 0 fully saturated rings. The van der Waals surface area contributed by atoms with Crippen molar-refractivity contribution in [2.75, 3.05) is 5.75 Å². The van der Waals surface area contributed by atoms with Gasteiger partial charge in [0.05, 0.1) is 23.8 Å². The van der Waals surface area contributed by atoms with E-state index in [2.05, 4.69) is 15.6 Å². The van der Waals surface area contributed by atoms with Gasteiger partial charge in [0, 0.05) is 18.0 Å². The average molecular weight is 524 g/mol. The van der Waals surface area contributed by atoms with Crippen molar-refractivity contribution in [3.05, 3.63) is 90.1 Å². The van der Waals surface area contributed by atoms with Crippen LogP contribution in [0, 0.1) is 5.92 Å². The van der Waals surface area contributed by atoms with E-state index in [1.807, 2.05) is 50.2 Å². The number of ketones is 1. The fraction of sp³-hybridized carbons (Fsp3) is 0.357. The van der Waals surface area contributed by atoms with Crippen molar-refractivity contribution in [3.8, 4) is 0 Å². The number of benzene rings is 1. The van der Waals surface area contributed by atoms with Crippen LogP contribution in [0.15, 0.2) is 77.7 Å². The molecule has 37 heavy (non-hydrogen) atoms. The maximum atomic E-state index is 13.3. The highest BCUT2D eigenvalue weighted by atomic mass is 32.2. The molecule has 0 spiro atoms. The number of carbonyl (C=O) groups is 3. The molecule has 0 aliphatic rings. The molecular weight excluding hydrogens is 490 g/mol. The van der Waals surface area contributed by atoms with Gasteiger partial charge in [-0.3, -0.25) is 14.6 Å². The lowest BCUT2D eigenvalue weighted by atomic mass is 10.00. The Bertz CT molecular complexity index is 1110. The summed E-state index contributed by atoms with van der Waals surface area (Å²) < 4.78 is 10.6. The molecule has 3 aromatic rings. The second-order valence-electron chi connectivity index (χ2n) is 9.05. The van der Waals surface area contributed by atoms with Gasteiger partial charge in [0.15, 0.2) is 5.78 Å². The fourth-order valence-corrected chi connectivity index (χ4v) is 4.50. The molecule has 1 aromatic carbocycles. The zero-order valence-electron chi connectivity index (χ0n) is 21.1. The Balaban J connectivity index is 1.63. The summed E-state index contributed by atoms with van der Waals surface area (Å²) in [6.07, 6.45) is 4.88. The van der Waals surface area contributed by atoms with Crippen molar-refractivity contribution in [2.45, 2.75) is 51.1 Å². The Morgan fingerprint density at radius 1 is 0.973 bits per heavy atom. The molecule has 0 radical (unpaired) electrons. The van der Waals surface area contributed by atoms with E-state index in [0.29, 0.717) is 18.6 Å². The smallest absolute Gasteiger partial charge is 0.408 e. The summed E-state index contributed by atoms with van der Waals surface area (Å²) in [6.45, 7) is 3.96. The quantitative estimate of drug-likeness (QED) is 0.319. The third-order valence-corrected chi connectivity index (χ3v) is 6.44. The Morgan fingerprint density at radius 2 is 1.76 bits per heavy atom. The average Bonchev–Trinajstić information content (AvgIpc) is 3.41. The molecule has 0 unspecified atom stereocenters. The minimum absolute atomic E-state index is 0.0394. The Morgan fingerprint density at radius 3 is 2.43 bits per heavy atom. The number of alkyl carbamates (subject to hydrolysis) is 1. The maximum Gasteiger partial charge on any atom is 0.408 e. The highest BCUT2D eigenvalue weighted by Gasteiger charge is 2.28. The van der Waals surface area contributed by atoms with Crippen LogP contribution in [0.4, 0.5) is 4.79 Å². The number of hydrogen-bond donors (Lipinski definition) is 2. The first-order valence-corrected chi connectivity index (χ1v) is 13.4. The molecule has 0 saturated carbocycles. The SMILES string of the molecule is CC(C)C[C@H](NC(=O)OCc1cccnc1)C(=O)N[C@@H](Cc1ccccc1)C(=O)CSCc1ccco1. The predicted octanol–water partition coefficient (Wildman–Crippen LogP) is 4.55. The summed E-state index contributed by atoms with van der Waals surface area (Å²) >= 11 is 1.43. The number of thioether (sulfide) groups is 1. The van der Waals surface area contributed by atoms with Gasteiger partial charge in [-0.05, 0) is 42.5 Å². The molecule has 0 saturated heterocycles. The van der Waals surface area contributed by atoms with Gasteiger partial charge in [-0.15, -0.1) is 11.8 Å². The van der Waals surface area contributed by atoms with Crippen molar-refractivity contribution in [1.82, 2.24) is 15.6 Å². The van der Waals surface area contributed by atoms with E-state index in [-0.39, 0.29) is 24.1 Å². The minimum Gasteiger partial charge on any atom is -0.468 e. The van der Waals surface area contributed by atoms with Crippen LogP contribution in [0.2, 0.25) is 0 Å². The number of furan rings is 1. The largest absolute Gasteiger partial charge is 0.468 e. The molecule has 9 heteroatoms. The van der Waals surface area contributed by atoms with Crippen molar-refractivity contribution in [1.29, 1.82) is 0 Å². The number of carbonyl (C=O) groups excluding carboxylic acids is 3. The molecule has 2 N–H and O–H groups in total. The van der Waals surface area contributed by atoms with Crippen molar-refractivity contribution in [2.24, 2.45) is 5.92 Å². The van der Waals surface area contributed by atoms with E-state index in [0.717, 1.165) is 16.9 Å². The summed E-state index contributed by atoms with van der Waals surface area (Å²) in [5.41, 5.74) is 1.67. The fourth-order valence-electron chi connectivity index (χ4n) is 3.63. The number of hydrogen-bond acceptors (Lipinski definition) is 7. The molecule has 0 aliphatic carbocycles. The van der Waals surface area contributed by atoms with Crippen LogP contribution in [0.5, 0.6) is 0 Å². The van der Waals surface area contributed by atoms with E-state index >= 15 is 0 Å². The highest BCUT2D eigenvalue weighted by Crippen LogP contribution is 2.15. The van der Waals surface area contributed by atoms with E-state index in [4.69, 9.17) is 9.15 Å².